The molecular weight excluding hydrogens is 464 g/mol. The molecular formula is C36H60O2. The molecule has 0 aromatic carbocycles. The van der Waals surface area contributed by atoms with E-state index in [1.54, 1.807) is 0 Å². The first kappa shape index (κ1) is 34.2. The standard InChI is InChI=1S/C36H60O2/c1-7-8-9-10-11-12-13-14-15-16-17-18-19-25-35(37)38-30-28-32(3)23-20-22-31(2)26-27-34-33(4)24-21-29-36(34,5)6/h20,22-24,26-27H,7-19,21,25,28-30H2,1-6H3/b22-20+,31-26+,32-23+,34-27+. The Morgan fingerprint density at radius 1 is 0.868 bits per heavy atom. The SMILES string of the molecule is CCCCCCCCCCCCCCCC(=O)OCC/C(C)=C/C=C/C(C)=C/C=C1\C(C)=CCCC1(C)C. The van der Waals surface area contributed by atoms with Crippen molar-refractivity contribution in [1.82, 2.24) is 0 Å². The number of hydrogen-bond donors (Lipinski definition) is 0. The zero-order valence-corrected chi connectivity index (χ0v) is 26.0. The van der Waals surface area contributed by atoms with E-state index in [1.807, 2.05) is 0 Å². The van der Waals surface area contributed by atoms with Gasteiger partial charge in [0.2, 0.25) is 0 Å². The van der Waals surface area contributed by atoms with Gasteiger partial charge < -0.3 is 4.74 Å². The Kier molecular flexibility index (Phi) is 18.9. The predicted molar refractivity (Wildman–Crippen MR) is 167 cm³/mol. The molecule has 2 nitrogen and oxygen atoms in total. The van der Waals surface area contributed by atoms with Crippen LogP contribution in [0.1, 0.15) is 151 Å². The molecule has 1 aliphatic rings. The third-order valence-corrected chi connectivity index (χ3v) is 7.87. The zero-order chi connectivity index (χ0) is 28.1. The van der Waals surface area contributed by atoms with Crippen LogP contribution in [0.2, 0.25) is 0 Å². The van der Waals surface area contributed by atoms with Crippen LogP contribution in [0, 0.1) is 5.41 Å². The summed E-state index contributed by atoms with van der Waals surface area (Å²) in [5, 5.41) is 0. The number of ether oxygens (including phenoxy) is 1. The molecule has 0 atom stereocenters. The molecule has 0 aliphatic heterocycles. The highest BCUT2D eigenvalue weighted by Gasteiger charge is 2.26. The number of carbonyl (C=O) groups excluding carboxylic acids is 1. The van der Waals surface area contributed by atoms with Crippen molar-refractivity contribution < 1.29 is 9.53 Å². The summed E-state index contributed by atoms with van der Waals surface area (Å²) in [4.78, 5) is 12.0. The maximum atomic E-state index is 12.0. The van der Waals surface area contributed by atoms with Gasteiger partial charge in [-0.2, -0.15) is 0 Å². The van der Waals surface area contributed by atoms with E-state index in [1.165, 1.54) is 106 Å². The summed E-state index contributed by atoms with van der Waals surface area (Å²) in [7, 11) is 0. The molecule has 0 saturated heterocycles. The maximum Gasteiger partial charge on any atom is 0.305 e. The monoisotopic (exact) mass is 524 g/mol. The number of rotatable bonds is 20. The van der Waals surface area contributed by atoms with Gasteiger partial charge in [-0.05, 0) is 51.0 Å². The van der Waals surface area contributed by atoms with Crippen LogP contribution in [0.3, 0.4) is 0 Å². The van der Waals surface area contributed by atoms with Crippen LogP contribution in [0.15, 0.2) is 58.7 Å². The molecule has 0 spiro atoms. The highest BCUT2D eigenvalue weighted by molar-refractivity contribution is 5.69. The third kappa shape index (κ3) is 16.9. The minimum absolute atomic E-state index is 0.0433. The largest absolute Gasteiger partial charge is 0.465 e. The minimum atomic E-state index is -0.0433. The Bertz CT molecular complexity index is 803. The maximum absolute atomic E-state index is 12.0. The van der Waals surface area contributed by atoms with E-state index in [9.17, 15) is 4.79 Å². The van der Waals surface area contributed by atoms with Crippen LogP contribution in [0.4, 0.5) is 0 Å². The fourth-order valence-corrected chi connectivity index (χ4v) is 5.19. The second kappa shape index (κ2) is 21.0. The lowest BCUT2D eigenvalue weighted by Crippen LogP contribution is -2.18. The van der Waals surface area contributed by atoms with Crippen LogP contribution in [-0.4, -0.2) is 12.6 Å². The summed E-state index contributed by atoms with van der Waals surface area (Å²) in [5.74, 6) is -0.0433. The summed E-state index contributed by atoms with van der Waals surface area (Å²) in [5.41, 5.74) is 5.57. The van der Waals surface area contributed by atoms with E-state index in [0.717, 1.165) is 19.3 Å². The van der Waals surface area contributed by atoms with Crippen molar-refractivity contribution in [3.05, 3.63) is 58.7 Å². The average molecular weight is 525 g/mol. The second-order valence-electron chi connectivity index (χ2n) is 12.1. The third-order valence-electron chi connectivity index (χ3n) is 7.87. The summed E-state index contributed by atoms with van der Waals surface area (Å²) in [6.45, 7) is 13.9. The van der Waals surface area contributed by atoms with Crippen molar-refractivity contribution in [2.45, 2.75) is 151 Å². The molecule has 2 heteroatoms. The quantitative estimate of drug-likeness (QED) is 0.0899. The van der Waals surface area contributed by atoms with E-state index < -0.39 is 0 Å². The lowest BCUT2D eigenvalue weighted by molar-refractivity contribution is -0.143. The first-order valence-corrected chi connectivity index (χ1v) is 15.8. The van der Waals surface area contributed by atoms with Crippen LogP contribution in [0.5, 0.6) is 0 Å². The summed E-state index contributed by atoms with van der Waals surface area (Å²) < 4.78 is 5.45. The van der Waals surface area contributed by atoms with Crippen molar-refractivity contribution in [3.8, 4) is 0 Å². The lowest BCUT2D eigenvalue weighted by atomic mass is 9.73. The first-order chi connectivity index (χ1) is 18.3. The fourth-order valence-electron chi connectivity index (χ4n) is 5.19. The highest BCUT2D eigenvalue weighted by atomic mass is 16.5. The topological polar surface area (TPSA) is 26.3 Å². The average Bonchev–Trinajstić information content (AvgIpc) is 2.86. The van der Waals surface area contributed by atoms with E-state index in [2.05, 4.69) is 78.0 Å². The smallest absolute Gasteiger partial charge is 0.305 e. The van der Waals surface area contributed by atoms with Gasteiger partial charge in [0.05, 0.1) is 6.61 Å². The van der Waals surface area contributed by atoms with Gasteiger partial charge in [-0.1, -0.05) is 151 Å². The van der Waals surface area contributed by atoms with Crippen LogP contribution < -0.4 is 0 Å². The van der Waals surface area contributed by atoms with Crippen LogP contribution in [0.25, 0.3) is 0 Å². The number of unbranched alkanes of at least 4 members (excludes halogenated alkanes) is 12. The molecule has 0 fully saturated rings. The molecule has 1 rings (SSSR count). The van der Waals surface area contributed by atoms with E-state index in [-0.39, 0.29) is 11.4 Å². The Morgan fingerprint density at radius 3 is 2.03 bits per heavy atom. The van der Waals surface area contributed by atoms with Gasteiger partial charge in [-0.3, -0.25) is 4.79 Å². The van der Waals surface area contributed by atoms with E-state index in [4.69, 9.17) is 4.74 Å². The molecule has 0 bridgehead atoms. The summed E-state index contributed by atoms with van der Waals surface area (Å²) >= 11 is 0. The molecule has 0 unspecified atom stereocenters. The van der Waals surface area contributed by atoms with Crippen molar-refractivity contribution in [1.29, 1.82) is 0 Å². The van der Waals surface area contributed by atoms with Crippen molar-refractivity contribution >= 4 is 5.97 Å². The molecule has 38 heavy (non-hydrogen) atoms. The number of carbonyl (C=O) groups is 1. The Balaban J connectivity index is 2.11. The number of hydrogen-bond acceptors (Lipinski definition) is 2. The molecule has 0 aromatic heterocycles. The van der Waals surface area contributed by atoms with E-state index in [0.29, 0.717) is 13.0 Å². The second-order valence-corrected chi connectivity index (χ2v) is 12.1. The molecule has 0 N–H and O–H groups in total. The van der Waals surface area contributed by atoms with Crippen LogP contribution in [-0.2, 0) is 9.53 Å². The molecule has 0 amide bonds. The van der Waals surface area contributed by atoms with E-state index >= 15 is 0 Å². The van der Waals surface area contributed by atoms with Crippen molar-refractivity contribution in [2.24, 2.45) is 5.41 Å². The molecule has 0 saturated carbocycles. The zero-order valence-electron chi connectivity index (χ0n) is 26.0. The Labute approximate surface area is 236 Å². The van der Waals surface area contributed by atoms with Gasteiger partial charge in [0.25, 0.3) is 0 Å². The van der Waals surface area contributed by atoms with Gasteiger partial charge in [-0.25, -0.2) is 0 Å². The van der Waals surface area contributed by atoms with Crippen LogP contribution >= 0.6 is 0 Å². The minimum Gasteiger partial charge on any atom is -0.465 e. The number of allylic oxidation sites excluding steroid dienone is 9. The molecule has 0 aromatic rings. The molecule has 216 valence electrons. The van der Waals surface area contributed by atoms with Gasteiger partial charge in [0, 0.05) is 12.8 Å². The summed E-state index contributed by atoms with van der Waals surface area (Å²) in [6, 6.07) is 0. The molecule has 1 aliphatic carbocycles. The lowest BCUT2D eigenvalue weighted by Gasteiger charge is -2.32. The first-order valence-electron chi connectivity index (χ1n) is 15.8. The molecule has 0 heterocycles. The number of esters is 1. The highest BCUT2D eigenvalue weighted by Crippen LogP contribution is 2.40. The van der Waals surface area contributed by atoms with Gasteiger partial charge in [-0.15, -0.1) is 0 Å². The van der Waals surface area contributed by atoms with Crippen molar-refractivity contribution in [2.75, 3.05) is 6.61 Å². The molecule has 0 radical (unpaired) electrons. The summed E-state index contributed by atoms with van der Waals surface area (Å²) in [6.07, 6.45) is 34.2. The Hall–Kier alpha value is -1.83. The van der Waals surface area contributed by atoms with Gasteiger partial charge >= 0.3 is 5.97 Å². The fraction of sp³-hybridized carbons (Fsp3) is 0.694. The Morgan fingerprint density at radius 2 is 1.45 bits per heavy atom. The normalized spacial score (nSPS) is 17.3. The van der Waals surface area contributed by atoms with Crippen molar-refractivity contribution in [3.63, 3.8) is 0 Å². The van der Waals surface area contributed by atoms with Gasteiger partial charge in [0.1, 0.15) is 0 Å². The predicted octanol–water partition coefficient (Wildman–Crippen LogP) is 11.5. The van der Waals surface area contributed by atoms with Gasteiger partial charge in [0.15, 0.2) is 0 Å².